The van der Waals surface area contributed by atoms with Gasteiger partial charge >= 0.3 is 0 Å². The van der Waals surface area contributed by atoms with Gasteiger partial charge in [0.1, 0.15) is 5.82 Å². The van der Waals surface area contributed by atoms with Gasteiger partial charge in [0, 0.05) is 10.6 Å². The Morgan fingerprint density at radius 3 is 2.76 bits per heavy atom. The number of halogens is 1. The highest BCUT2D eigenvalue weighted by molar-refractivity contribution is 6.31. The van der Waals surface area contributed by atoms with E-state index in [1.165, 1.54) is 5.56 Å². The lowest BCUT2D eigenvalue weighted by Gasteiger charge is -2.20. The third kappa shape index (κ3) is 1.61. The molecular weight excluding hydrogens is 236 g/mol. The summed E-state index contributed by atoms with van der Waals surface area (Å²) in [7, 11) is 0. The molecule has 0 bridgehead atoms. The van der Waals surface area contributed by atoms with E-state index in [-0.39, 0.29) is 5.95 Å². The first kappa shape index (κ1) is 10.4. The first-order valence-corrected chi connectivity index (χ1v) is 5.73. The average Bonchev–Trinajstić information content (AvgIpc) is 2.27. The molecule has 1 aromatic carbocycles. The van der Waals surface area contributed by atoms with Gasteiger partial charge in [0.05, 0.1) is 5.69 Å². The molecule has 0 fully saturated rings. The SMILES string of the molecule is Nc1nc(N)c2c(n1)CCc1ccc(Cl)cc1-2. The Morgan fingerprint density at radius 2 is 1.94 bits per heavy atom. The lowest BCUT2D eigenvalue weighted by Crippen LogP contribution is -2.12. The second kappa shape index (κ2) is 3.60. The third-order valence-electron chi connectivity index (χ3n) is 3.00. The monoisotopic (exact) mass is 246 g/mol. The van der Waals surface area contributed by atoms with Gasteiger partial charge in [-0.25, -0.2) is 4.98 Å². The van der Waals surface area contributed by atoms with Gasteiger partial charge in [-0.05, 0) is 36.1 Å². The van der Waals surface area contributed by atoms with Crippen molar-refractivity contribution in [2.75, 3.05) is 11.5 Å². The highest BCUT2D eigenvalue weighted by atomic mass is 35.5. The molecule has 4 nitrogen and oxygen atoms in total. The third-order valence-corrected chi connectivity index (χ3v) is 3.24. The van der Waals surface area contributed by atoms with Gasteiger partial charge in [0.25, 0.3) is 0 Å². The number of hydrogen-bond donors (Lipinski definition) is 2. The Balaban J connectivity index is 2.31. The minimum absolute atomic E-state index is 0.228. The normalized spacial score (nSPS) is 13.0. The van der Waals surface area contributed by atoms with Gasteiger partial charge < -0.3 is 11.5 Å². The fourth-order valence-electron chi connectivity index (χ4n) is 2.27. The van der Waals surface area contributed by atoms with E-state index in [2.05, 4.69) is 9.97 Å². The summed E-state index contributed by atoms with van der Waals surface area (Å²) in [6, 6.07) is 5.82. The number of nitrogens with zero attached hydrogens (tertiary/aromatic N) is 2. The molecule has 0 aliphatic heterocycles. The number of fused-ring (bicyclic) bond motifs is 3. The number of nitrogen functional groups attached to an aromatic ring is 2. The summed E-state index contributed by atoms with van der Waals surface area (Å²) in [5, 5.41) is 0.688. The van der Waals surface area contributed by atoms with E-state index < -0.39 is 0 Å². The van der Waals surface area contributed by atoms with Crippen molar-refractivity contribution in [1.29, 1.82) is 0 Å². The quantitative estimate of drug-likeness (QED) is 0.746. The van der Waals surface area contributed by atoms with Crippen LogP contribution in [0.3, 0.4) is 0 Å². The Morgan fingerprint density at radius 1 is 1.12 bits per heavy atom. The minimum atomic E-state index is 0.228. The van der Waals surface area contributed by atoms with Crippen LogP contribution in [0.4, 0.5) is 11.8 Å². The second-order valence-corrected chi connectivity index (χ2v) is 4.53. The van der Waals surface area contributed by atoms with Crippen LogP contribution in [-0.4, -0.2) is 9.97 Å². The van der Waals surface area contributed by atoms with Crippen molar-refractivity contribution in [3.63, 3.8) is 0 Å². The average molecular weight is 247 g/mol. The van der Waals surface area contributed by atoms with Crippen molar-refractivity contribution in [2.45, 2.75) is 12.8 Å². The Kier molecular flexibility index (Phi) is 2.19. The number of anilines is 2. The molecule has 1 heterocycles. The van der Waals surface area contributed by atoms with E-state index in [1.54, 1.807) is 0 Å². The maximum Gasteiger partial charge on any atom is 0.222 e. The zero-order chi connectivity index (χ0) is 12.0. The minimum Gasteiger partial charge on any atom is -0.383 e. The molecule has 1 aliphatic rings. The standard InChI is InChI=1S/C12H11ClN4/c13-7-3-1-6-2-4-9-10(8(6)5-7)11(14)17-12(15)16-9/h1,3,5H,2,4H2,(H4,14,15,16,17). The van der Waals surface area contributed by atoms with E-state index in [1.807, 2.05) is 18.2 Å². The van der Waals surface area contributed by atoms with E-state index in [0.29, 0.717) is 10.8 Å². The van der Waals surface area contributed by atoms with Crippen LogP contribution in [0.1, 0.15) is 11.3 Å². The maximum atomic E-state index is 6.02. The van der Waals surface area contributed by atoms with Crippen molar-refractivity contribution in [2.24, 2.45) is 0 Å². The molecule has 4 N–H and O–H groups in total. The molecule has 2 aromatic rings. The summed E-state index contributed by atoms with van der Waals surface area (Å²) in [4.78, 5) is 8.26. The number of rotatable bonds is 0. The molecule has 0 saturated carbocycles. The number of benzene rings is 1. The second-order valence-electron chi connectivity index (χ2n) is 4.09. The molecule has 0 radical (unpaired) electrons. The molecule has 0 atom stereocenters. The molecule has 3 rings (SSSR count). The molecule has 5 heteroatoms. The van der Waals surface area contributed by atoms with Gasteiger partial charge in [-0.15, -0.1) is 0 Å². The van der Waals surface area contributed by atoms with Gasteiger partial charge in [0.2, 0.25) is 5.95 Å². The van der Waals surface area contributed by atoms with Crippen molar-refractivity contribution in [1.82, 2.24) is 9.97 Å². The zero-order valence-electron chi connectivity index (χ0n) is 9.07. The Bertz CT molecular complexity index is 610. The van der Waals surface area contributed by atoms with Crippen LogP contribution in [0.15, 0.2) is 18.2 Å². The molecule has 17 heavy (non-hydrogen) atoms. The molecular formula is C12H11ClN4. The first-order chi connectivity index (χ1) is 8.15. The molecule has 1 aromatic heterocycles. The lowest BCUT2D eigenvalue weighted by molar-refractivity contribution is 0.890. The maximum absolute atomic E-state index is 6.02. The van der Waals surface area contributed by atoms with Crippen molar-refractivity contribution < 1.29 is 0 Å². The Hall–Kier alpha value is -1.81. The van der Waals surface area contributed by atoms with E-state index in [9.17, 15) is 0 Å². The zero-order valence-corrected chi connectivity index (χ0v) is 9.83. The van der Waals surface area contributed by atoms with Crippen molar-refractivity contribution in [3.8, 4) is 11.1 Å². The summed E-state index contributed by atoms with van der Waals surface area (Å²) < 4.78 is 0. The van der Waals surface area contributed by atoms with Crippen LogP contribution < -0.4 is 11.5 Å². The number of nitrogens with two attached hydrogens (primary N) is 2. The molecule has 0 saturated heterocycles. The fourth-order valence-corrected chi connectivity index (χ4v) is 2.45. The van der Waals surface area contributed by atoms with E-state index in [4.69, 9.17) is 23.1 Å². The lowest BCUT2D eigenvalue weighted by atomic mass is 9.89. The first-order valence-electron chi connectivity index (χ1n) is 5.36. The van der Waals surface area contributed by atoms with Gasteiger partial charge in [-0.2, -0.15) is 4.98 Å². The summed E-state index contributed by atoms with van der Waals surface area (Å²) >= 11 is 6.02. The van der Waals surface area contributed by atoms with E-state index in [0.717, 1.165) is 29.7 Å². The topological polar surface area (TPSA) is 77.8 Å². The molecule has 86 valence electrons. The Labute approximate surface area is 104 Å². The molecule has 0 spiro atoms. The van der Waals surface area contributed by atoms with Crippen molar-refractivity contribution in [3.05, 3.63) is 34.5 Å². The molecule has 0 amide bonds. The highest BCUT2D eigenvalue weighted by Gasteiger charge is 2.21. The fraction of sp³-hybridized carbons (Fsp3) is 0.167. The van der Waals surface area contributed by atoms with Gasteiger partial charge in [-0.3, -0.25) is 0 Å². The summed E-state index contributed by atoms with van der Waals surface area (Å²) in [5.41, 5.74) is 15.6. The number of hydrogen-bond acceptors (Lipinski definition) is 4. The van der Waals surface area contributed by atoms with Crippen LogP contribution in [-0.2, 0) is 12.8 Å². The predicted octanol–water partition coefficient (Wildman–Crippen LogP) is 2.06. The van der Waals surface area contributed by atoms with Crippen LogP contribution in [0.25, 0.3) is 11.1 Å². The summed E-state index contributed by atoms with van der Waals surface area (Å²) in [6.45, 7) is 0. The van der Waals surface area contributed by atoms with Crippen LogP contribution in [0, 0.1) is 0 Å². The van der Waals surface area contributed by atoms with Crippen LogP contribution >= 0.6 is 11.6 Å². The highest BCUT2D eigenvalue weighted by Crippen LogP contribution is 2.37. The molecule has 0 unspecified atom stereocenters. The van der Waals surface area contributed by atoms with Crippen molar-refractivity contribution >= 4 is 23.4 Å². The number of aryl methyl sites for hydroxylation is 2. The number of aromatic nitrogens is 2. The smallest absolute Gasteiger partial charge is 0.222 e. The van der Waals surface area contributed by atoms with Gasteiger partial charge in [0.15, 0.2) is 0 Å². The summed E-state index contributed by atoms with van der Waals surface area (Å²) in [5.74, 6) is 0.655. The van der Waals surface area contributed by atoms with Gasteiger partial charge in [-0.1, -0.05) is 17.7 Å². The van der Waals surface area contributed by atoms with Crippen LogP contribution in [0.2, 0.25) is 5.02 Å². The predicted molar refractivity (Wildman–Crippen MR) is 68.7 cm³/mol. The summed E-state index contributed by atoms with van der Waals surface area (Å²) in [6.07, 6.45) is 1.76. The largest absolute Gasteiger partial charge is 0.383 e. The van der Waals surface area contributed by atoms with E-state index >= 15 is 0 Å². The van der Waals surface area contributed by atoms with Crippen LogP contribution in [0.5, 0.6) is 0 Å². The molecule has 1 aliphatic carbocycles.